The number of nitrogens with zero attached hydrogens (tertiary/aromatic N) is 4. The summed E-state index contributed by atoms with van der Waals surface area (Å²) in [6.07, 6.45) is 6.13. The van der Waals surface area contributed by atoms with Crippen molar-refractivity contribution in [3.8, 4) is 0 Å². The highest BCUT2D eigenvalue weighted by atomic mass is 16.2. The van der Waals surface area contributed by atoms with Crippen LogP contribution in [-0.2, 0) is 24.2 Å². The third-order valence-electron chi connectivity index (χ3n) is 2.92. The average molecular weight is 305 g/mol. The standard InChI is InChI=1S/C14H23N7O/c1-14(2,3)18-12(22)9-21-8-11(19-20-21)6-4-5-10-7-16-13(15)17-10/h7-8H,4-6,9H2,1-3H3,(H,18,22)(H3,15,16,17). The van der Waals surface area contributed by atoms with Gasteiger partial charge in [0.15, 0.2) is 5.95 Å². The summed E-state index contributed by atoms with van der Waals surface area (Å²) in [5.41, 5.74) is 7.09. The second-order valence-electron chi connectivity index (χ2n) is 6.34. The molecule has 4 N–H and O–H groups in total. The Hall–Kier alpha value is -2.38. The van der Waals surface area contributed by atoms with E-state index in [1.165, 1.54) is 0 Å². The minimum atomic E-state index is -0.244. The van der Waals surface area contributed by atoms with Crippen LogP contribution in [0.25, 0.3) is 0 Å². The van der Waals surface area contributed by atoms with Crippen molar-refractivity contribution in [3.63, 3.8) is 0 Å². The molecule has 8 heteroatoms. The molecule has 2 heterocycles. The Kier molecular flexibility index (Phi) is 4.79. The number of carbonyl (C=O) groups is 1. The Bertz CT molecular complexity index is 623. The molecule has 120 valence electrons. The summed E-state index contributed by atoms with van der Waals surface area (Å²) in [5.74, 6) is 0.363. The van der Waals surface area contributed by atoms with Gasteiger partial charge in [-0.25, -0.2) is 9.67 Å². The van der Waals surface area contributed by atoms with Gasteiger partial charge in [0.1, 0.15) is 6.54 Å². The van der Waals surface area contributed by atoms with E-state index in [0.29, 0.717) is 5.95 Å². The van der Waals surface area contributed by atoms with E-state index in [-0.39, 0.29) is 18.0 Å². The molecular weight excluding hydrogens is 282 g/mol. The van der Waals surface area contributed by atoms with E-state index in [4.69, 9.17) is 5.73 Å². The van der Waals surface area contributed by atoms with Gasteiger partial charge in [0.05, 0.1) is 11.4 Å². The lowest BCUT2D eigenvalue weighted by atomic mass is 10.1. The summed E-state index contributed by atoms with van der Waals surface area (Å²) in [7, 11) is 0. The SMILES string of the molecule is CC(C)(C)NC(=O)Cn1cc(CCCc2c[nH]c(N)n2)nn1. The number of carbonyl (C=O) groups excluding carboxylic acids is 1. The maximum absolute atomic E-state index is 11.8. The third kappa shape index (κ3) is 5.19. The van der Waals surface area contributed by atoms with Gasteiger partial charge in [-0.3, -0.25) is 4.79 Å². The van der Waals surface area contributed by atoms with E-state index in [9.17, 15) is 4.79 Å². The van der Waals surface area contributed by atoms with E-state index in [0.717, 1.165) is 30.7 Å². The smallest absolute Gasteiger partial charge is 0.242 e. The number of nitrogens with two attached hydrogens (primary N) is 1. The number of aromatic amines is 1. The fourth-order valence-corrected chi connectivity index (χ4v) is 2.09. The molecule has 0 aliphatic rings. The quantitative estimate of drug-likeness (QED) is 0.726. The maximum Gasteiger partial charge on any atom is 0.242 e. The highest BCUT2D eigenvalue weighted by molar-refractivity contribution is 5.76. The normalized spacial score (nSPS) is 11.6. The Labute approximate surface area is 129 Å². The van der Waals surface area contributed by atoms with E-state index >= 15 is 0 Å². The predicted octanol–water partition coefficient (Wildman–Crippen LogP) is 0.673. The molecular formula is C14H23N7O. The molecule has 0 aromatic carbocycles. The molecule has 0 unspecified atom stereocenters. The molecule has 0 fully saturated rings. The van der Waals surface area contributed by atoms with Gasteiger partial charge in [-0.15, -0.1) is 5.10 Å². The van der Waals surface area contributed by atoms with Gasteiger partial charge in [0.2, 0.25) is 5.91 Å². The van der Waals surface area contributed by atoms with Crippen LogP contribution in [0.2, 0.25) is 0 Å². The number of aryl methyl sites for hydroxylation is 2. The Morgan fingerprint density at radius 2 is 2.09 bits per heavy atom. The predicted molar refractivity (Wildman–Crippen MR) is 82.9 cm³/mol. The lowest BCUT2D eigenvalue weighted by Crippen LogP contribution is -2.42. The summed E-state index contributed by atoms with van der Waals surface area (Å²) in [5, 5.41) is 11.0. The first-order chi connectivity index (χ1) is 10.3. The third-order valence-corrected chi connectivity index (χ3v) is 2.92. The highest BCUT2D eigenvalue weighted by Crippen LogP contribution is 2.06. The van der Waals surface area contributed by atoms with Crippen molar-refractivity contribution < 1.29 is 4.79 Å². The van der Waals surface area contributed by atoms with E-state index in [2.05, 4.69) is 25.6 Å². The fraction of sp³-hybridized carbons (Fsp3) is 0.571. The van der Waals surface area contributed by atoms with Crippen molar-refractivity contribution in [1.29, 1.82) is 0 Å². The molecule has 2 aromatic heterocycles. The second kappa shape index (κ2) is 6.59. The number of nitrogen functional groups attached to an aromatic ring is 1. The average Bonchev–Trinajstić information content (AvgIpc) is 2.97. The Morgan fingerprint density at radius 3 is 2.73 bits per heavy atom. The minimum Gasteiger partial charge on any atom is -0.369 e. The fourth-order valence-electron chi connectivity index (χ4n) is 2.09. The van der Waals surface area contributed by atoms with Crippen LogP contribution in [0, 0.1) is 0 Å². The Balaban J connectivity index is 1.77. The minimum absolute atomic E-state index is 0.0732. The van der Waals surface area contributed by atoms with Crippen LogP contribution >= 0.6 is 0 Å². The summed E-state index contributed by atoms with van der Waals surface area (Å²) < 4.78 is 1.56. The van der Waals surface area contributed by atoms with Crippen LogP contribution in [0.15, 0.2) is 12.4 Å². The molecule has 0 bridgehead atoms. The molecule has 0 atom stereocenters. The Morgan fingerprint density at radius 1 is 1.36 bits per heavy atom. The van der Waals surface area contributed by atoms with Gasteiger partial charge in [0, 0.05) is 17.9 Å². The molecule has 0 aliphatic carbocycles. The topological polar surface area (TPSA) is 115 Å². The summed E-state index contributed by atoms with van der Waals surface area (Å²) >= 11 is 0. The molecule has 0 saturated heterocycles. The maximum atomic E-state index is 11.8. The number of rotatable bonds is 6. The first-order valence-corrected chi connectivity index (χ1v) is 7.31. The van der Waals surface area contributed by atoms with Crippen LogP contribution in [0.5, 0.6) is 0 Å². The molecule has 2 rings (SSSR count). The van der Waals surface area contributed by atoms with Crippen molar-refractivity contribution in [2.45, 2.75) is 52.1 Å². The molecule has 1 amide bonds. The van der Waals surface area contributed by atoms with Crippen molar-refractivity contribution in [3.05, 3.63) is 23.8 Å². The number of hydrogen-bond donors (Lipinski definition) is 3. The van der Waals surface area contributed by atoms with Crippen LogP contribution in [0.1, 0.15) is 38.6 Å². The number of hydrogen-bond acceptors (Lipinski definition) is 5. The van der Waals surface area contributed by atoms with Crippen LogP contribution < -0.4 is 11.1 Å². The molecule has 0 spiro atoms. The highest BCUT2D eigenvalue weighted by Gasteiger charge is 2.14. The van der Waals surface area contributed by atoms with Crippen LogP contribution in [0.3, 0.4) is 0 Å². The second-order valence-corrected chi connectivity index (χ2v) is 6.34. The number of imidazole rings is 1. The summed E-state index contributed by atoms with van der Waals surface area (Å²) in [6, 6.07) is 0. The molecule has 2 aromatic rings. The monoisotopic (exact) mass is 305 g/mol. The van der Waals surface area contributed by atoms with E-state index in [1.807, 2.05) is 27.0 Å². The lowest BCUT2D eigenvalue weighted by Gasteiger charge is -2.20. The zero-order valence-corrected chi connectivity index (χ0v) is 13.3. The molecule has 8 nitrogen and oxygen atoms in total. The van der Waals surface area contributed by atoms with Crippen molar-refractivity contribution >= 4 is 11.9 Å². The molecule has 22 heavy (non-hydrogen) atoms. The first-order valence-electron chi connectivity index (χ1n) is 7.31. The van der Waals surface area contributed by atoms with E-state index < -0.39 is 0 Å². The van der Waals surface area contributed by atoms with Gasteiger partial charge < -0.3 is 16.0 Å². The zero-order chi connectivity index (χ0) is 16.2. The van der Waals surface area contributed by atoms with Gasteiger partial charge in [-0.05, 0) is 40.0 Å². The van der Waals surface area contributed by atoms with E-state index in [1.54, 1.807) is 10.9 Å². The van der Waals surface area contributed by atoms with Crippen LogP contribution in [-0.4, -0.2) is 36.4 Å². The molecule has 0 saturated carbocycles. The largest absolute Gasteiger partial charge is 0.369 e. The number of anilines is 1. The van der Waals surface area contributed by atoms with Crippen LogP contribution in [0.4, 0.5) is 5.95 Å². The summed E-state index contributed by atoms with van der Waals surface area (Å²) in [4.78, 5) is 18.8. The number of H-pyrrole nitrogens is 1. The summed E-state index contributed by atoms with van der Waals surface area (Å²) in [6.45, 7) is 6.01. The number of nitrogens with one attached hydrogen (secondary N) is 2. The van der Waals surface area contributed by atoms with Crippen molar-refractivity contribution in [2.75, 3.05) is 5.73 Å². The van der Waals surface area contributed by atoms with Gasteiger partial charge in [-0.2, -0.15) is 0 Å². The van der Waals surface area contributed by atoms with Crippen molar-refractivity contribution in [2.24, 2.45) is 0 Å². The molecule has 0 radical (unpaired) electrons. The molecule has 0 aliphatic heterocycles. The van der Waals surface area contributed by atoms with Gasteiger partial charge in [-0.1, -0.05) is 5.21 Å². The number of aromatic nitrogens is 5. The number of amides is 1. The van der Waals surface area contributed by atoms with Gasteiger partial charge in [0.25, 0.3) is 0 Å². The van der Waals surface area contributed by atoms with Gasteiger partial charge >= 0.3 is 0 Å². The first kappa shape index (κ1) is 16.0. The zero-order valence-electron chi connectivity index (χ0n) is 13.3. The lowest BCUT2D eigenvalue weighted by molar-refractivity contribution is -0.123. The van der Waals surface area contributed by atoms with Crippen molar-refractivity contribution in [1.82, 2.24) is 30.3 Å².